The first-order valence-corrected chi connectivity index (χ1v) is 9.29. The molecule has 29 heavy (non-hydrogen) atoms. The van der Waals surface area contributed by atoms with Crippen LogP contribution in [-0.2, 0) is 4.79 Å². The Bertz CT molecular complexity index is 1170. The highest BCUT2D eigenvalue weighted by molar-refractivity contribution is 7.80. The number of pyridine rings is 1. The first-order chi connectivity index (χ1) is 14.0. The lowest BCUT2D eigenvalue weighted by Crippen LogP contribution is -2.27. The number of hydrogen-bond donors (Lipinski definition) is 1. The van der Waals surface area contributed by atoms with Crippen LogP contribution in [0.15, 0.2) is 42.6 Å². The molecule has 0 bridgehead atoms. The van der Waals surface area contributed by atoms with Crippen molar-refractivity contribution < 1.29 is 19.1 Å². The molecule has 3 aromatic rings. The van der Waals surface area contributed by atoms with Crippen LogP contribution in [0.2, 0.25) is 5.02 Å². The smallest absolute Gasteiger partial charge is 0.246 e. The first-order valence-electron chi connectivity index (χ1n) is 8.51. The fourth-order valence-corrected chi connectivity index (χ4v) is 3.61. The van der Waals surface area contributed by atoms with Gasteiger partial charge >= 0.3 is 0 Å². The summed E-state index contributed by atoms with van der Waals surface area (Å²) in [6, 6.07) is 10.1. The van der Waals surface area contributed by atoms with Crippen LogP contribution >= 0.6 is 23.8 Å². The van der Waals surface area contributed by atoms with Crippen LogP contribution in [0.1, 0.15) is 10.4 Å². The number of carbonyl (C=O) groups is 2. The highest BCUT2D eigenvalue weighted by Gasteiger charge is 2.26. The summed E-state index contributed by atoms with van der Waals surface area (Å²) in [7, 11) is 1.49. The molecule has 0 radical (unpaired) electrons. The number of amides is 1. The second kappa shape index (κ2) is 7.65. The summed E-state index contributed by atoms with van der Waals surface area (Å²) in [6.45, 7) is 0.115. The highest BCUT2D eigenvalue weighted by atomic mass is 35.5. The minimum absolute atomic E-state index is 0.115. The third-order valence-electron chi connectivity index (χ3n) is 4.41. The van der Waals surface area contributed by atoms with Gasteiger partial charge in [0.15, 0.2) is 11.4 Å². The molecule has 0 saturated carbocycles. The van der Waals surface area contributed by atoms with Crippen molar-refractivity contribution in [2.24, 2.45) is 0 Å². The molecule has 1 aromatic heterocycles. The average molecular weight is 428 g/mol. The van der Waals surface area contributed by atoms with E-state index in [-0.39, 0.29) is 12.5 Å². The summed E-state index contributed by atoms with van der Waals surface area (Å²) in [5.74, 6) is 1.25. The molecule has 1 aliphatic rings. The van der Waals surface area contributed by atoms with Gasteiger partial charge in [-0.1, -0.05) is 11.6 Å². The number of fused-ring (bicyclic) bond motifs is 1. The van der Waals surface area contributed by atoms with Crippen molar-refractivity contribution in [3.8, 4) is 17.2 Å². The Labute approximate surface area is 176 Å². The van der Waals surface area contributed by atoms with E-state index in [1.165, 1.54) is 7.11 Å². The third-order valence-corrected chi connectivity index (χ3v) is 5.04. The topological polar surface area (TPSA) is 80.8 Å². The molecule has 146 valence electrons. The Morgan fingerprint density at radius 3 is 2.72 bits per heavy atom. The fourth-order valence-electron chi connectivity index (χ4n) is 3.06. The number of aromatic nitrogens is 1. The molecular formula is C20H14ClN3O4S. The summed E-state index contributed by atoms with van der Waals surface area (Å²) >= 11 is 11.6. The SMILES string of the molecule is COc1cc2nccc(Oc3ccc(N4CC(=O)NC4=S)c(Cl)c3)c2cc1C=O. The van der Waals surface area contributed by atoms with E-state index < -0.39 is 0 Å². The van der Waals surface area contributed by atoms with Gasteiger partial charge in [0, 0.05) is 23.7 Å². The number of halogens is 1. The van der Waals surface area contributed by atoms with Crippen LogP contribution in [0, 0.1) is 0 Å². The van der Waals surface area contributed by atoms with Crippen LogP contribution in [0.5, 0.6) is 17.2 Å². The molecule has 9 heteroatoms. The van der Waals surface area contributed by atoms with E-state index in [1.807, 2.05) is 0 Å². The van der Waals surface area contributed by atoms with Gasteiger partial charge in [0.1, 0.15) is 23.8 Å². The van der Waals surface area contributed by atoms with Crippen LogP contribution in [0.4, 0.5) is 5.69 Å². The number of benzene rings is 2. The zero-order valence-electron chi connectivity index (χ0n) is 15.1. The fraction of sp³-hybridized carbons (Fsp3) is 0.100. The van der Waals surface area contributed by atoms with Crippen LogP contribution in [0.3, 0.4) is 0 Å². The van der Waals surface area contributed by atoms with E-state index in [0.717, 1.165) is 6.29 Å². The van der Waals surface area contributed by atoms with Gasteiger partial charge in [-0.2, -0.15) is 0 Å². The van der Waals surface area contributed by atoms with Crippen molar-refractivity contribution >= 4 is 57.7 Å². The van der Waals surface area contributed by atoms with E-state index in [2.05, 4.69) is 10.3 Å². The average Bonchev–Trinajstić information content (AvgIpc) is 3.05. The quantitative estimate of drug-likeness (QED) is 0.491. The molecule has 0 atom stereocenters. The van der Waals surface area contributed by atoms with Crippen LogP contribution < -0.4 is 19.7 Å². The highest BCUT2D eigenvalue weighted by Crippen LogP contribution is 2.36. The predicted molar refractivity (Wildman–Crippen MR) is 113 cm³/mol. The Morgan fingerprint density at radius 1 is 1.24 bits per heavy atom. The number of nitrogens with zero attached hydrogens (tertiary/aromatic N) is 2. The molecule has 1 saturated heterocycles. The number of thiocarbonyl (C=S) groups is 1. The second-order valence-electron chi connectivity index (χ2n) is 6.19. The van der Waals surface area contributed by atoms with Gasteiger partial charge in [0.25, 0.3) is 0 Å². The second-order valence-corrected chi connectivity index (χ2v) is 6.99. The molecule has 1 N–H and O–H groups in total. The minimum atomic E-state index is -0.184. The lowest BCUT2D eigenvalue weighted by molar-refractivity contribution is -0.117. The van der Waals surface area contributed by atoms with Crippen molar-refractivity contribution in [1.29, 1.82) is 0 Å². The number of methoxy groups -OCH3 is 1. The van der Waals surface area contributed by atoms with Gasteiger partial charge in [-0.25, -0.2) is 0 Å². The van der Waals surface area contributed by atoms with Crippen molar-refractivity contribution in [3.63, 3.8) is 0 Å². The normalized spacial score (nSPS) is 13.5. The molecule has 2 aromatic carbocycles. The Balaban J connectivity index is 1.68. The summed E-state index contributed by atoms with van der Waals surface area (Å²) in [4.78, 5) is 28.8. The number of ether oxygens (including phenoxy) is 2. The molecule has 0 unspecified atom stereocenters. The number of rotatable bonds is 5. The van der Waals surface area contributed by atoms with Gasteiger partial charge in [0.05, 0.1) is 28.9 Å². The van der Waals surface area contributed by atoms with Gasteiger partial charge in [-0.15, -0.1) is 0 Å². The number of aldehydes is 1. The summed E-state index contributed by atoms with van der Waals surface area (Å²) in [5, 5.41) is 3.92. The zero-order chi connectivity index (χ0) is 20.5. The van der Waals surface area contributed by atoms with Crippen molar-refractivity contribution in [2.45, 2.75) is 0 Å². The maximum atomic E-state index is 11.5. The molecule has 1 amide bonds. The van der Waals surface area contributed by atoms with Crippen molar-refractivity contribution in [2.75, 3.05) is 18.6 Å². The van der Waals surface area contributed by atoms with E-state index in [0.29, 0.717) is 49.5 Å². The molecular weight excluding hydrogens is 414 g/mol. The lowest BCUT2D eigenvalue weighted by Gasteiger charge is -2.18. The molecule has 0 aliphatic carbocycles. The standard InChI is InChI=1S/C20H14ClN3O4S/c1-27-18-8-15-13(6-11(18)10-25)17(4-5-22-15)28-12-2-3-16(14(21)7-12)24-9-19(26)23-20(24)29/h2-8,10H,9H2,1H3,(H,23,26,29). The maximum Gasteiger partial charge on any atom is 0.246 e. The molecule has 2 heterocycles. The van der Waals surface area contributed by atoms with Crippen molar-refractivity contribution in [3.05, 3.63) is 53.2 Å². The number of anilines is 1. The van der Waals surface area contributed by atoms with E-state index >= 15 is 0 Å². The van der Waals surface area contributed by atoms with Gasteiger partial charge < -0.3 is 19.7 Å². The van der Waals surface area contributed by atoms with E-state index in [9.17, 15) is 9.59 Å². The lowest BCUT2D eigenvalue weighted by atomic mass is 10.1. The van der Waals surface area contributed by atoms with Gasteiger partial charge in [-0.05, 0) is 36.5 Å². The van der Waals surface area contributed by atoms with Gasteiger partial charge in [-0.3, -0.25) is 14.6 Å². The van der Waals surface area contributed by atoms with Crippen molar-refractivity contribution in [1.82, 2.24) is 10.3 Å². The van der Waals surface area contributed by atoms with E-state index in [1.54, 1.807) is 47.5 Å². The number of carbonyl (C=O) groups excluding carboxylic acids is 2. The van der Waals surface area contributed by atoms with E-state index in [4.69, 9.17) is 33.3 Å². The largest absolute Gasteiger partial charge is 0.496 e. The Hall–Kier alpha value is -3.23. The van der Waals surface area contributed by atoms with Crippen LogP contribution in [0.25, 0.3) is 10.9 Å². The summed E-state index contributed by atoms with van der Waals surface area (Å²) in [6.07, 6.45) is 2.32. The zero-order valence-corrected chi connectivity index (χ0v) is 16.7. The first kappa shape index (κ1) is 19.1. The molecule has 1 aliphatic heterocycles. The van der Waals surface area contributed by atoms with Gasteiger partial charge in [0.2, 0.25) is 5.91 Å². The summed E-state index contributed by atoms with van der Waals surface area (Å²) < 4.78 is 11.2. The number of hydrogen-bond acceptors (Lipinski definition) is 6. The molecule has 0 spiro atoms. The van der Waals surface area contributed by atoms with Crippen LogP contribution in [-0.4, -0.2) is 35.9 Å². The summed E-state index contributed by atoms with van der Waals surface area (Å²) in [5.41, 5.74) is 1.63. The molecule has 7 nitrogen and oxygen atoms in total. The molecule has 1 fully saturated rings. The number of nitrogens with one attached hydrogen (secondary N) is 1. The Morgan fingerprint density at radius 2 is 2.07 bits per heavy atom. The minimum Gasteiger partial charge on any atom is -0.496 e. The monoisotopic (exact) mass is 427 g/mol. The Kier molecular flexibility index (Phi) is 5.04. The molecule has 4 rings (SSSR count). The third kappa shape index (κ3) is 3.59. The maximum absolute atomic E-state index is 11.5. The predicted octanol–water partition coefficient (Wildman–Crippen LogP) is 3.72.